The first-order valence-electron chi connectivity index (χ1n) is 23.0. The summed E-state index contributed by atoms with van der Waals surface area (Å²) in [6, 6.07) is 21.7. The number of benzene rings is 2. The number of esters is 2. The van der Waals surface area contributed by atoms with E-state index in [-0.39, 0.29) is 54.6 Å². The van der Waals surface area contributed by atoms with Crippen molar-refractivity contribution < 1.29 is 48.5 Å². The summed E-state index contributed by atoms with van der Waals surface area (Å²) in [7, 11) is 0. The van der Waals surface area contributed by atoms with Gasteiger partial charge in [-0.1, -0.05) is 82.9 Å². The van der Waals surface area contributed by atoms with Crippen LogP contribution in [0.3, 0.4) is 0 Å². The number of halogens is 1. The largest absolute Gasteiger partial charge is 3.00 e. The first-order valence-corrected chi connectivity index (χ1v) is 23.0. The fourth-order valence-corrected chi connectivity index (χ4v) is 11.1. The summed E-state index contributed by atoms with van der Waals surface area (Å²) >= 11 is 0. The first-order chi connectivity index (χ1) is 30.4. The van der Waals surface area contributed by atoms with Crippen LogP contribution in [0.2, 0.25) is 0 Å². The number of nitrogens with zero attached hydrogens (tertiary/aromatic N) is 4. The predicted molar refractivity (Wildman–Crippen MR) is 245 cm³/mol. The summed E-state index contributed by atoms with van der Waals surface area (Å²) in [4.78, 5) is 46.3. The number of allylic oxidation sites excluding steroid dienone is 4. The normalized spacial score (nSPS) is 16.4. The number of rotatable bonds is 6. The molecular formula is C54H52ClMnN4O4. The minimum atomic E-state index is -0.282. The molecular weight excluding hydrogens is 859 g/mol. The predicted octanol–water partition coefficient (Wildman–Crippen LogP) is 8.76. The van der Waals surface area contributed by atoms with Crippen LogP contribution in [0.4, 0.5) is 0 Å². The number of carbonyl (C=O) groups is 2. The second kappa shape index (κ2) is 18.3. The SMILES string of the molecule is CC(=O)OCc1ccc(-c2c3nc(cc4[n-]c(c5c4CCCC5)c(-c4ccc(COC(C)=O)cc4)c4[n-]c(cc5nc2C2=C5CCCC2)c2c4CCCC2)C2=C3CCCC2)cc1.[Cl-].[Mn+3]. The van der Waals surface area contributed by atoms with Gasteiger partial charge in [-0.2, -0.15) is 0 Å². The Morgan fingerprint density at radius 2 is 0.859 bits per heavy atom. The molecule has 4 aliphatic carbocycles. The van der Waals surface area contributed by atoms with Crippen molar-refractivity contribution in [3.63, 3.8) is 0 Å². The van der Waals surface area contributed by atoms with Crippen LogP contribution in [0.1, 0.15) is 147 Å². The number of hydrogen-bond acceptors (Lipinski definition) is 6. The summed E-state index contributed by atoms with van der Waals surface area (Å²) in [5, 5.41) is 0. The average molecular weight is 911 g/mol. The Bertz CT molecular complexity index is 2790. The van der Waals surface area contributed by atoms with Crippen LogP contribution in [0.5, 0.6) is 0 Å². The molecule has 0 radical (unpaired) electrons. The molecule has 0 spiro atoms. The molecule has 6 aliphatic rings. The molecule has 3 aromatic heterocycles. The summed E-state index contributed by atoms with van der Waals surface area (Å²) in [5.41, 5.74) is 25.5. The van der Waals surface area contributed by atoms with Crippen molar-refractivity contribution in [3.05, 3.63) is 117 Å². The van der Waals surface area contributed by atoms with Gasteiger partial charge in [-0.15, -0.1) is 22.1 Å². The Balaban J connectivity index is 0.00000259. The second-order valence-corrected chi connectivity index (χ2v) is 18.0. The maximum absolute atomic E-state index is 11.7. The van der Waals surface area contributed by atoms with Crippen molar-refractivity contribution in [3.8, 4) is 22.3 Å². The van der Waals surface area contributed by atoms with Crippen LogP contribution in [-0.2, 0) is 75.0 Å². The number of ether oxygens (including phenoxy) is 2. The van der Waals surface area contributed by atoms with Crippen LogP contribution in [0, 0.1) is 0 Å². The molecule has 0 unspecified atom stereocenters. The molecule has 0 saturated carbocycles. The molecule has 0 saturated heterocycles. The minimum absolute atomic E-state index is 0. The molecule has 2 aliphatic heterocycles. The summed E-state index contributed by atoms with van der Waals surface area (Å²) in [5.74, 6) is -0.565. The van der Waals surface area contributed by atoms with E-state index < -0.39 is 0 Å². The minimum Gasteiger partial charge on any atom is -1.00 e. The molecule has 2 aromatic carbocycles. The third-order valence-corrected chi connectivity index (χ3v) is 14.0. The van der Waals surface area contributed by atoms with Crippen molar-refractivity contribution in [2.75, 3.05) is 0 Å². The van der Waals surface area contributed by atoms with Crippen LogP contribution in [0.15, 0.2) is 60.7 Å². The van der Waals surface area contributed by atoms with E-state index in [1.54, 1.807) is 0 Å². The van der Waals surface area contributed by atoms with Gasteiger partial charge < -0.3 is 31.8 Å². The van der Waals surface area contributed by atoms with Gasteiger partial charge in [0.25, 0.3) is 0 Å². The van der Waals surface area contributed by atoms with Crippen molar-refractivity contribution in [2.45, 2.75) is 130 Å². The van der Waals surface area contributed by atoms with Crippen LogP contribution in [-0.4, -0.2) is 21.9 Å². The maximum Gasteiger partial charge on any atom is 3.00 e. The molecule has 0 atom stereocenters. The van der Waals surface area contributed by atoms with Crippen molar-refractivity contribution >= 4 is 56.3 Å². The van der Waals surface area contributed by atoms with Crippen molar-refractivity contribution in [1.82, 2.24) is 19.9 Å². The van der Waals surface area contributed by atoms with Gasteiger partial charge >= 0.3 is 29.0 Å². The first kappa shape index (κ1) is 44.0. The van der Waals surface area contributed by atoms with E-state index in [1.807, 2.05) is 0 Å². The Morgan fingerprint density at radius 3 is 1.27 bits per heavy atom. The zero-order chi connectivity index (χ0) is 41.9. The topological polar surface area (TPSA) is 107 Å². The van der Waals surface area contributed by atoms with E-state index in [4.69, 9.17) is 29.4 Å². The molecule has 10 heteroatoms. The molecule has 8 bridgehead atoms. The van der Waals surface area contributed by atoms with E-state index in [9.17, 15) is 9.59 Å². The van der Waals surface area contributed by atoms with Crippen LogP contribution >= 0.6 is 0 Å². The molecule has 8 nitrogen and oxygen atoms in total. The zero-order valence-electron chi connectivity index (χ0n) is 36.7. The van der Waals surface area contributed by atoms with E-state index >= 15 is 0 Å². The van der Waals surface area contributed by atoms with Crippen molar-refractivity contribution in [1.29, 1.82) is 0 Å². The van der Waals surface area contributed by atoms with Gasteiger partial charge in [0.05, 0.1) is 22.8 Å². The number of aromatic nitrogens is 4. The van der Waals surface area contributed by atoms with Gasteiger partial charge in [-0.05, 0) is 153 Å². The van der Waals surface area contributed by atoms with Crippen LogP contribution < -0.4 is 22.4 Å². The van der Waals surface area contributed by atoms with Gasteiger partial charge in [0.2, 0.25) is 0 Å². The fourth-order valence-electron chi connectivity index (χ4n) is 11.1. The second-order valence-electron chi connectivity index (χ2n) is 18.0. The number of aryl methyl sites for hydroxylation is 4. The van der Waals surface area contributed by atoms with Crippen molar-refractivity contribution in [2.24, 2.45) is 0 Å². The molecule has 11 rings (SSSR count). The molecule has 0 amide bonds. The third kappa shape index (κ3) is 7.98. The van der Waals surface area contributed by atoms with Gasteiger partial charge in [0.1, 0.15) is 13.2 Å². The molecule has 326 valence electrons. The molecule has 5 heterocycles. The smallest absolute Gasteiger partial charge is 1.00 e. The number of hydrogen-bond donors (Lipinski definition) is 0. The van der Waals surface area contributed by atoms with Gasteiger partial charge in [-0.25, -0.2) is 9.97 Å². The Morgan fingerprint density at radius 1 is 0.500 bits per heavy atom. The van der Waals surface area contributed by atoms with Crippen LogP contribution in [0.25, 0.3) is 66.6 Å². The maximum atomic E-state index is 11.7. The van der Waals surface area contributed by atoms with E-state index in [1.165, 1.54) is 58.4 Å². The quantitative estimate of drug-likeness (QED) is 0.123. The zero-order valence-corrected chi connectivity index (χ0v) is 38.6. The summed E-state index contributed by atoms with van der Waals surface area (Å²) in [6.07, 6.45) is 17.0. The fraction of sp³-hybridized carbons (Fsp3) is 0.370. The Labute approximate surface area is 391 Å². The Hall–Kier alpha value is -5.21. The molecule has 0 fully saturated rings. The van der Waals surface area contributed by atoms with Gasteiger partial charge in [-0.3, -0.25) is 9.59 Å². The molecule has 5 aromatic rings. The molecule has 64 heavy (non-hydrogen) atoms. The van der Waals surface area contributed by atoms with E-state index in [2.05, 4.69) is 60.7 Å². The van der Waals surface area contributed by atoms with E-state index in [0.29, 0.717) is 0 Å². The average Bonchev–Trinajstić information content (AvgIpc) is 4.05. The summed E-state index contributed by atoms with van der Waals surface area (Å²) in [6.45, 7) is 3.40. The molecule has 0 N–H and O–H groups in total. The van der Waals surface area contributed by atoms with Gasteiger partial charge in [0, 0.05) is 19.4 Å². The monoisotopic (exact) mass is 910 g/mol. The number of fused-ring (bicyclic) bond motifs is 18. The standard InChI is InChI=1S/C54H52N4O4.ClH.Mn/c1-31(59)61-29-33-19-23-35(24-20-33)49-51-41-15-7-3-11-37(41)45(55-51)27-47-39-13-5-9-17-43(39)53(57-47)50(36-25-21-34(22-26-36)30-62-32(2)60)54-44-18-10-6-14-40(44)48(58-54)28-46-38-12-4-8-16-42(38)52(49)56-46;;/h19-28H,3-18,29-30H2,1-2H3;1H;/q-2;;+3/p-1. The third-order valence-electron chi connectivity index (χ3n) is 14.0. The Kier molecular flexibility index (Phi) is 12.6. The van der Waals surface area contributed by atoms with E-state index in [0.717, 1.165) is 181 Å². The summed E-state index contributed by atoms with van der Waals surface area (Å²) < 4.78 is 10.8. The van der Waals surface area contributed by atoms with Gasteiger partial charge in [0.15, 0.2) is 0 Å². The number of carbonyl (C=O) groups excluding carboxylic acids is 2.